The van der Waals surface area contributed by atoms with Crippen molar-refractivity contribution in [3.63, 3.8) is 0 Å². The first-order chi connectivity index (χ1) is 14.2. The maximum atomic E-state index is 11.5. The van der Waals surface area contributed by atoms with Gasteiger partial charge in [-0.1, -0.05) is 0 Å². The largest absolute Gasteiger partial charge is 0.862 e. The van der Waals surface area contributed by atoms with Gasteiger partial charge in [-0.3, -0.25) is 0 Å². The molecule has 0 aromatic carbocycles. The van der Waals surface area contributed by atoms with Crippen LogP contribution in [0, 0.1) is 0 Å². The molecule has 31 heavy (non-hydrogen) atoms. The maximum absolute atomic E-state index is 11.5. The van der Waals surface area contributed by atoms with Crippen LogP contribution in [0.1, 0.15) is 25.7 Å². The molecule has 0 radical (unpaired) electrons. The lowest BCUT2D eigenvalue weighted by atomic mass is 9.96. The van der Waals surface area contributed by atoms with Gasteiger partial charge in [-0.05, 0) is 11.8 Å². The van der Waals surface area contributed by atoms with Gasteiger partial charge in [0.15, 0.2) is 11.2 Å². The highest BCUT2D eigenvalue weighted by Gasteiger charge is 2.36. The molecule has 0 aromatic rings. The van der Waals surface area contributed by atoms with Crippen molar-refractivity contribution in [3.8, 4) is 0 Å². The van der Waals surface area contributed by atoms with Gasteiger partial charge in [0.05, 0.1) is 26.3 Å². The van der Waals surface area contributed by atoms with Gasteiger partial charge < -0.3 is 65.2 Å². The summed E-state index contributed by atoms with van der Waals surface area (Å²) in [4.78, 5) is 49.5. The smallest absolute Gasteiger partial charge is 0.336 e. The molecule has 0 aliphatic carbocycles. The zero-order valence-corrected chi connectivity index (χ0v) is 16.0. The van der Waals surface area contributed by atoms with Gasteiger partial charge in [0, 0.05) is 37.6 Å². The minimum Gasteiger partial charge on any atom is -0.862 e. The average molecular weight is 448 g/mol. The lowest BCUT2D eigenvalue weighted by Gasteiger charge is -2.26. The maximum Gasteiger partial charge on any atom is 0.336 e. The lowest BCUT2D eigenvalue weighted by Crippen LogP contribution is -2.47. The molecule has 0 bridgehead atoms. The van der Waals surface area contributed by atoms with E-state index in [2.05, 4.69) is 9.98 Å². The Morgan fingerprint density at radius 2 is 1.00 bits per heavy atom. The highest BCUT2D eigenvalue weighted by atomic mass is 16.5. The van der Waals surface area contributed by atoms with Crippen LogP contribution in [0.3, 0.4) is 0 Å². The van der Waals surface area contributed by atoms with Crippen molar-refractivity contribution >= 4 is 35.7 Å². The predicted octanol–water partition coefficient (Wildman–Crippen LogP) is -6.79. The molecular weight excluding hydrogens is 428 g/mol. The van der Waals surface area contributed by atoms with E-state index in [0.717, 1.165) is 0 Å². The normalized spacial score (nSPS) is 16.2. The van der Waals surface area contributed by atoms with Crippen molar-refractivity contribution in [1.29, 1.82) is 0 Å². The molecule has 0 heterocycles. The molecule has 0 saturated heterocycles. The van der Waals surface area contributed by atoms with Gasteiger partial charge in [-0.25, -0.2) is 9.59 Å². The third-order valence-corrected chi connectivity index (χ3v) is 3.60. The first-order valence-corrected chi connectivity index (χ1v) is 8.51. The van der Waals surface area contributed by atoms with Crippen LogP contribution in [0.5, 0.6) is 0 Å². The van der Waals surface area contributed by atoms with Crippen molar-refractivity contribution in [3.05, 3.63) is 0 Å². The number of aliphatic hydroxyl groups is 2. The summed E-state index contributed by atoms with van der Waals surface area (Å²) in [7, 11) is 0. The SMILES string of the molecule is O=C([O-])C[C@](O)(CC([O-])=NCCOCCN=C([O-])C[C@@](O)(CC(=O)[O-])C(=O)O)C(=O)O. The van der Waals surface area contributed by atoms with Crippen molar-refractivity contribution < 1.29 is 64.8 Å². The van der Waals surface area contributed by atoms with Crippen LogP contribution in [0.15, 0.2) is 9.98 Å². The van der Waals surface area contributed by atoms with Crippen LogP contribution in [-0.4, -0.2) is 93.6 Å². The minimum atomic E-state index is -2.87. The number of hydrogen-bond donors (Lipinski definition) is 4. The number of carbonyl (C=O) groups excluding carboxylic acids is 2. The first-order valence-electron chi connectivity index (χ1n) is 8.51. The van der Waals surface area contributed by atoms with E-state index in [-0.39, 0.29) is 26.3 Å². The second-order valence-corrected chi connectivity index (χ2v) is 6.29. The van der Waals surface area contributed by atoms with Crippen molar-refractivity contribution in [1.82, 2.24) is 0 Å². The summed E-state index contributed by atoms with van der Waals surface area (Å²) in [6.07, 6.45) is -4.82. The number of aliphatic imine (C=N–C) groups is 2. The molecule has 15 heteroatoms. The number of carboxylic acids is 4. The van der Waals surface area contributed by atoms with E-state index < -0.39 is 72.6 Å². The zero-order valence-electron chi connectivity index (χ0n) is 16.0. The van der Waals surface area contributed by atoms with Gasteiger partial charge >= 0.3 is 11.9 Å². The summed E-state index contributed by atoms with van der Waals surface area (Å²) in [6.45, 7) is -0.993. The molecule has 0 aliphatic rings. The Balaban J connectivity index is 4.45. The molecule has 0 amide bonds. The quantitative estimate of drug-likeness (QED) is 0.0971. The Morgan fingerprint density at radius 1 is 0.677 bits per heavy atom. The van der Waals surface area contributed by atoms with E-state index in [1.165, 1.54) is 0 Å². The van der Waals surface area contributed by atoms with Crippen LogP contribution in [0.2, 0.25) is 0 Å². The van der Waals surface area contributed by atoms with Gasteiger partial charge in [0.1, 0.15) is 0 Å². The summed E-state index contributed by atoms with van der Waals surface area (Å²) < 4.78 is 4.96. The van der Waals surface area contributed by atoms with Crippen molar-refractivity contribution in [2.45, 2.75) is 36.9 Å². The Kier molecular flexibility index (Phi) is 11.1. The molecule has 0 aromatic heterocycles. The van der Waals surface area contributed by atoms with Crippen LogP contribution >= 0.6 is 0 Å². The minimum absolute atomic E-state index is 0.203. The number of nitrogens with zero attached hydrogens (tertiary/aromatic N) is 2. The van der Waals surface area contributed by atoms with E-state index >= 15 is 0 Å². The van der Waals surface area contributed by atoms with E-state index in [9.17, 15) is 49.8 Å². The van der Waals surface area contributed by atoms with Crippen molar-refractivity contribution in [2.75, 3.05) is 26.3 Å². The van der Waals surface area contributed by atoms with Gasteiger partial charge in [0.25, 0.3) is 0 Å². The van der Waals surface area contributed by atoms with E-state index in [1.807, 2.05) is 0 Å². The highest BCUT2D eigenvalue weighted by molar-refractivity contribution is 5.89. The monoisotopic (exact) mass is 448 g/mol. The number of carbonyl (C=O) groups is 4. The fourth-order valence-corrected chi connectivity index (χ4v) is 2.09. The summed E-state index contributed by atoms with van der Waals surface area (Å²) in [6, 6.07) is 0. The molecule has 0 saturated carbocycles. The summed E-state index contributed by atoms with van der Waals surface area (Å²) in [5, 5.41) is 80.9. The highest BCUT2D eigenvalue weighted by Crippen LogP contribution is 2.16. The molecule has 0 fully saturated rings. The predicted molar refractivity (Wildman–Crippen MR) is 89.1 cm³/mol. The first kappa shape index (κ1) is 27.7. The van der Waals surface area contributed by atoms with Gasteiger partial charge in [-0.2, -0.15) is 0 Å². The lowest BCUT2D eigenvalue weighted by molar-refractivity contribution is -0.310. The molecule has 0 spiro atoms. The van der Waals surface area contributed by atoms with Crippen LogP contribution in [0.25, 0.3) is 0 Å². The zero-order chi connectivity index (χ0) is 24.2. The topological polar surface area (TPSA) is 275 Å². The third-order valence-electron chi connectivity index (χ3n) is 3.60. The Bertz CT molecular complexity index is 675. The fourth-order valence-electron chi connectivity index (χ4n) is 2.09. The third kappa shape index (κ3) is 10.9. The second-order valence-electron chi connectivity index (χ2n) is 6.29. The number of carboxylic acid groups (broad SMARTS) is 4. The Hall–Kier alpha value is -3.30. The molecule has 0 unspecified atom stereocenters. The van der Waals surface area contributed by atoms with Gasteiger partial charge in [0.2, 0.25) is 0 Å². The summed E-state index contributed by atoms with van der Waals surface area (Å²) in [5.74, 6) is -9.82. The van der Waals surface area contributed by atoms with Crippen LogP contribution in [-0.2, 0) is 23.9 Å². The van der Waals surface area contributed by atoms with Crippen molar-refractivity contribution in [2.24, 2.45) is 9.98 Å². The summed E-state index contributed by atoms with van der Waals surface area (Å²) >= 11 is 0. The second kappa shape index (κ2) is 12.4. The summed E-state index contributed by atoms with van der Waals surface area (Å²) in [5.41, 5.74) is -5.73. The molecule has 15 nitrogen and oxygen atoms in total. The van der Waals surface area contributed by atoms with Gasteiger partial charge in [-0.15, -0.1) is 0 Å². The van der Waals surface area contributed by atoms with E-state index in [1.54, 1.807) is 0 Å². The Labute approximate surface area is 174 Å². The van der Waals surface area contributed by atoms with E-state index in [4.69, 9.17) is 14.9 Å². The number of hydrogen-bond acceptors (Lipinski definition) is 13. The van der Waals surface area contributed by atoms with Crippen LogP contribution in [0.4, 0.5) is 0 Å². The number of ether oxygens (including phenoxy) is 1. The number of aliphatic carboxylic acids is 4. The molecular formula is C16H20N2O13-4. The fraction of sp³-hybridized carbons (Fsp3) is 0.625. The standard InChI is InChI=1S/C16H24N2O13/c19-9(5-15(29,13(25)26)7-11(21)22)17-1-3-31-4-2-18-10(20)6-16(30,14(27)28)8-12(23)24/h29-30H,1-8H2,(H,17,19)(H,18,20)(H,21,22)(H,23,24)(H,25,26)(H,27,28)/p-4/t15-,16-/m1/s1. The molecule has 2 atom stereocenters. The Morgan fingerprint density at radius 3 is 1.26 bits per heavy atom. The number of rotatable bonds is 16. The molecule has 4 N–H and O–H groups in total. The van der Waals surface area contributed by atoms with Crippen LogP contribution < -0.4 is 20.4 Å². The molecule has 176 valence electrons. The average Bonchev–Trinajstić information content (AvgIpc) is 2.58. The molecule has 0 rings (SSSR count). The van der Waals surface area contributed by atoms with E-state index in [0.29, 0.717) is 0 Å². The molecule has 0 aliphatic heterocycles.